The molecule has 0 fully saturated rings. The molecule has 0 spiro atoms. The summed E-state index contributed by atoms with van der Waals surface area (Å²) in [5.41, 5.74) is 12.3. The Labute approximate surface area is 330 Å². The van der Waals surface area contributed by atoms with Crippen molar-refractivity contribution in [2.24, 2.45) is 0 Å². The van der Waals surface area contributed by atoms with E-state index in [1.54, 1.807) is 0 Å². The predicted molar refractivity (Wildman–Crippen MR) is 231 cm³/mol. The second kappa shape index (κ2) is 14.3. The van der Waals surface area contributed by atoms with E-state index in [4.69, 9.17) is 0 Å². The quantitative estimate of drug-likeness (QED) is 0.156. The van der Waals surface area contributed by atoms with Crippen LogP contribution in [0, 0.1) is 11.3 Å². The molecule has 57 heavy (non-hydrogen) atoms. The fraction of sp³-hybridized carbons (Fsp3) is 0. The Hall–Kier alpha value is -8.01. The molecule has 0 atom stereocenters. The third kappa shape index (κ3) is 6.39. The minimum Gasteiger partial charge on any atom is -0.310 e. The highest BCUT2D eigenvalue weighted by atomic mass is 15.3. The molecule has 0 radical (unpaired) electrons. The molecule has 268 valence electrons. The first-order valence-electron chi connectivity index (χ1n) is 18.9. The topological polar surface area (TPSA) is 62.7 Å². The average Bonchev–Trinajstić information content (AvgIpc) is 3.99. The van der Waals surface area contributed by atoms with Gasteiger partial charge in [-0.05, 0) is 130 Å². The Kier molecular flexibility index (Phi) is 8.44. The molecule has 0 aliphatic rings. The molecule has 0 saturated heterocycles. The van der Waals surface area contributed by atoms with Crippen LogP contribution in [-0.4, -0.2) is 19.6 Å². The standard InChI is InChI=1S/C51H34N6/c52-35-36-11-12-40-32-41(14-13-39(40)31-36)42-15-16-44-34-49(26-21-43(44)33-42)55(45-22-17-37(18-23-45)50-27-29-53-56(50)47-7-3-1-4-8-47)46-24-19-38(20-25-46)51-28-30-54-57(51)48-9-5-2-6-10-48/h1-34H. The van der Waals surface area contributed by atoms with Crippen molar-refractivity contribution in [3.8, 4) is 51.1 Å². The number of anilines is 3. The van der Waals surface area contributed by atoms with Gasteiger partial charge in [-0.25, -0.2) is 9.36 Å². The Balaban J connectivity index is 1.03. The molecule has 6 heteroatoms. The van der Waals surface area contributed by atoms with Gasteiger partial charge in [0.05, 0.1) is 46.8 Å². The molecule has 10 rings (SSSR count). The summed E-state index contributed by atoms with van der Waals surface area (Å²) in [6.07, 6.45) is 3.69. The molecular formula is C51H34N6. The van der Waals surface area contributed by atoms with Crippen LogP contribution in [0.4, 0.5) is 17.1 Å². The molecule has 0 aliphatic heterocycles. The van der Waals surface area contributed by atoms with Crippen LogP contribution in [0.5, 0.6) is 0 Å². The molecular weight excluding hydrogens is 697 g/mol. The number of hydrogen-bond acceptors (Lipinski definition) is 4. The van der Waals surface area contributed by atoms with E-state index in [9.17, 15) is 5.26 Å². The van der Waals surface area contributed by atoms with Crippen LogP contribution in [-0.2, 0) is 0 Å². The van der Waals surface area contributed by atoms with E-state index < -0.39 is 0 Å². The maximum absolute atomic E-state index is 9.34. The SMILES string of the molecule is N#Cc1ccc2cc(-c3ccc4cc(N(c5ccc(-c6ccnn6-c6ccccc6)cc5)c5ccc(-c6ccnn6-c6ccccc6)cc5)ccc4c3)ccc2c1. The van der Waals surface area contributed by atoms with Crippen molar-refractivity contribution in [3.05, 3.63) is 212 Å². The van der Waals surface area contributed by atoms with E-state index in [2.05, 4.69) is 161 Å². The summed E-state index contributed by atoms with van der Waals surface area (Å²) < 4.78 is 3.96. The van der Waals surface area contributed by atoms with Crippen molar-refractivity contribution in [2.75, 3.05) is 4.90 Å². The fourth-order valence-electron chi connectivity index (χ4n) is 7.65. The smallest absolute Gasteiger partial charge is 0.0991 e. The molecule has 6 nitrogen and oxygen atoms in total. The normalized spacial score (nSPS) is 11.1. The Morgan fingerprint density at radius 2 is 0.807 bits per heavy atom. The number of aromatic nitrogens is 4. The summed E-state index contributed by atoms with van der Waals surface area (Å²) >= 11 is 0. The van der Waals surface area contributed by atoms with Gasteiger partial charge in [0.2, 0.25) is 0 Å². The number of benzene rings is 8. The van der Waals surface area contributed by atoms with Gasteiger partial charge >= 0.3 is 0 Å². The molecule has 0 N–H and O–H groups in total. The Morgan fingerprint density at radius 1 is 0.386 bits per heavy atom. The van der Waals surface area contributed by atoms with Crippen molar-refractivity contribution in [2.45, 2.75) is 0 Å². The number of hydrogen-bond donors (Lipinski definition) is 0. The maximum Gasteiger partial charge on any atom is 0.0991 e. The maximum atomic E-state index is 9.34. The second-order valence-corrected chi connectivity index (χ2v) is 14.0. The monoisotopic (exact) mass is 730 g/mol. The van der Waals surface area contributed by atoms with Gasteiger partial charge in [-0.1, -0.05) is 97.1 Å². The minimum atomic E-state index is 0.670. The van der Waals surface area contributed by atoms with E-state index >= 15 is 0 Å². The number of nitriles is 1. The summed E-state index contributed by atoms with van der Waals surface area (Å²) in [6, 6.07) is 69.8. The van der Waals surface area contributed by atoms with Gasteiger partial charge in [-0.15, -0.1) is 0 Å². The van der Waals surface area contributed by atoms with Gasteiger partial charge in [0.25, 0.3) is 0 Å². The zero-order valence-corrected chi connectivity index (χ0v) is 30.8. The molecule has 0 saturated carbocycles. The summed E-state index contributed by atoms with van der Waals surface area (Å²) in [5.74, 6) is 0. The lowest BCUT2D eigenvalue weighted by atomic mass is 9.97. The zero-order valence-electron chi connectivity index (χ0n) is 30.8. The highest BCUT2D eigenvalue weighted by molar-refractivity contribution is 5.94. The summed E-state index contributed by atoms with van der Waals surface area (Å²) in [5, 5.41) is 23.1. The lowest BCUT2D eigenvalue weighted by Crippen LogP contribution is -2.10. The zero-order chi connectivity index (χ0) is 38.1. The molecule has 0 unspecified atom stereocenters. The van der Waals surface area contributed by atoms with Crippen LogP contribution in [0.3, 0.4) is 0 Å². The van der Waals surface area contributed by atoms with Crippen molar-refractivity contribution < 1.29 is 0 Å². The lowest BCUT2D eigenvalue weighted by molar-refractivity contribution is 0.888. The van der Waals surface area contributed by atoms with Crippen LogP contribution < -0.4 is 4.90 Å². The number of para-hydroxylation sites is 2. The molecule has 10 aromatic rings. The van der Waals surface area contributed by atoms with Gasteiger partial charge < -0.3 is 4.90 Å². The molecule has 8 aromatic carbocycles. The Bertz CT molecular complexity index is 2940. The van der Waals surface area contributed by atoms with Crippen LogP contribution in [0.2, 0.25) is 0 Å². The van der Waals surface area contributed by atoms with Crippen molar-refractivity contribution in [1.29, 1.82) is 5.26 Å². The van der Waals surface area contributed by atoms with E-state index in [1.165, 1.54) is 0 Å². The number of nitrogens with zero attached hydrogens (tertiary/aromatic N) is 6. The molecule has 0 aliphatic carbocycles. The van der Waals surface area contributed by atoms with Crippen molar-refractivity contribution in [3.63, 3.8) is 0 Å². The first kappa shape index (κ1) is 33.6. The molecule has 2 heterocycles. The van der Waals surface area contributed by atoms with Crippen LogP contribution in [0.15, 0.2) is 207 Å². The van der Waals surface area contributed by atoms with Crippen LogP contribution in [0.25, 0.3) is 66.6 Å². The van der Waals surface area contributed by atoms with E-state index in [-0.39, 0.29) is 0 Å². The summed E-state index contributed by atoms with van der Waals surface area (Å²) in [7, 11) is 0. The van der Waals surface area contributed by atoms with Gasteiger partial charge in [-0.3, -0.25) is 0 Å². The largest absolute Gasteiger partial charge is 0.310 e. The van der Waals surface area contributed by atoms with Gasteiger partial charge in [0.15, 0.2) is 0 Å². The van der Waals surface area contributed by atoms with Gasteiger partial charge in [0.1, 0.15) is 0 Å². The first-order valence-corrected chi connectivity index (χ1v) is 18.9. The van der Waals surface area contributed by atoms with Gasteiger partial charge in [-0.2, -0.15) is 15.5 Å². The number of rotatable bonds is 8. The lowest BCUT2D eigenvalue weighted by Gasteiger charge is -2.26. The van der Waals surface area contributed by atoms with Crippen molar-refractivity contribution in [1.82, 2.24) is 19.6 Å². The fourth-order valence-corrected chi connectivity index (χ4v) is 7.65. The highest BCUT2D eigenvalue weighted by Gasteiger charge is 2.16. The van der Waals surface area contributed by atoms with E-state index in [0.29, 0.717) is 5.56 Å². The summed E-state index contributed by atoms with van der Waals surface area (Å²) in [6.45, 7) is 0. The Morgan fingerprint density at radius 3 is 1.32 bits per heavy atom. The van der Waals surface area contributed by atoms with E-state index in [0.717, 1.165) is 83.6 Å². The predicted octanol–water partition coefficient (Wildman–Crippen LogP) is 12.7. The molecule has 0 amide bonds. The number of fused-ring (bicyclic) bond motifs is 2. The first-order chi connectivity index (χ1) is 28.2. The van der Waals surface area contributed by atoms with Crippen LogP contribution in [0.1, 0.15) is 5.56 Å². The summed E-state index contributed by atoms with van der Waals surface area (Å²) in [4.78, 5) is 2.31. The van der Waals surface area contributed by atoms with Gasteiger partial charge in [0, 0.05) is 28.2 Å². The van der Waals surface area contributed by atoms with Crippen molar-refractivity contribution >= 4 is 38.6 Å². The van der Waals surface area contributed by atoms with E-state index in [1.807, 2.05) is 76.4 Å². The average molecular weight is 731 g/mol. The molecule has 0 bridgehead atoms. The highest BCUT2D eigenvalue weighted by Crippen LogP contribution is 2.39. The second-order valence-electron chi connectivity index (χ2n) is 14.0. The molecule has 2 aromatic heterocycles. The minimum absolute atomic E-state index is 0.670. The third-order valence-corrected chi connectivity index (χ3v) is 10.5. The third-order valence-electron chi connectivity index (χ3n) is 10.5. The van der Waals surface area contributed by atoms with Crippen LogP contribution >= 0.6 is 0 Å².